The van der Waals surface area contributed by atoms with Crippen molar-refractivity contribution in [3.63, 3.8) is 0 Å². The molecule has 0 heterocycles. The molecule has 0 aliphatic rings. The average Bonchev–Trinajstić information content (AvgIpc) is 2.44. The largest absolute Gasteiger partial charge is 0.385 e. The van der Waals surface area contributed by atoms with Crippen LogP contribution in [0, 0.1) is 21.7 Å². The second-order valence-corrected chi connectivity index (χ2v) is 4.28. The molecule has 0 atom stereocenters. The van der Waals surface area contributed by atoms with E-state index >= 15 is 0 Å². The van der Waals surface area contributed by atoms with Crippen LogP contribution < -0.4 is 10.6 Å². The van der Waals surface area contributed by atoms with Crippen molar-refractivity contribution in [1.29, 1.82) is 0 Å². The number of nitrogens with zero attached hydrogens (tertiary/aromatic N) is 1. The second kappa shape index (κ2) is 6.17. The maximum absolute atomic E-state index is 13.6. The molecule has 2 aromatic rings. The lowest BCUT2D eigenvalue weighted by atomic mass is 10.2. The van der Waals surface area contributed by atoms with Gasteiger partial charge in [-0.15, -0.1) is 0 Å². The number of hydrogen-bond acceptors (Lipinski definition) is 4. The van der Waals surface area contributed by atoms with Crippen LogP contribution in [0.3, 0.4) is 0 Å². The molecule has 110 valence electrons. The number of rotatable bonds is 5. The second-order valence-electron chi connectivity index (χ2n) is 4.28. The van der Waals surface area contributed by atoms with E-state index in [1.165, 1.54) is 24.3 Å². The van der Waals surface area contributed by atoms with Gasteiger partial charge in [0.25, 0.3) is 5.69 Å². The van der Waals surface area contributed by atoms with Gasteiger partial charge in [-0.2, -0.15) is 0 Å². The number of non-ortho nitro benzene ring substituents is 1. The predicted octanol–water partition coefficient (Wildman–Crippen LogP) is 4.05. The van der Waals surface area contributed by atoms with Crippen molar-refractivity contribution in [1.82, 2.24) is 0 Å². The summed E-state index contributed by atoms with van der Waals surface area (Å²) < 4.78 is 26.8. The summed E-state index contributed by atoms with van der Waals surface area (Å²) in [5.41, 5.74) is 0.585. The Bertz CT molecular complexity index is 677. The number of nitro groups is 1. The molecule has 0 spiro atoms. The summed E-state index contributed by atoms with van der Waals surface area (Å²) in [5, 5.41) is 16.5. The molecule has 0 bridgehead atoms. The van der Waals surface area contributed by atoms with Gasteiger partial charge >= 0.3 is 0 Å². The van der Waals surface area contributed by atoms with Crippen molar-refractivity contribution in [2.75, 3.05) is 17.2 Å². The monoisotopic (exact) mass is 293 g/mol. The van der Waals surface area contributed by atoms with Gasteiger partial charge in [-0.3, -0.25) is 10.1 Å². The van der Waals surface area contributed by atoms with E-state index < -0.39 is 16.6 Å². The van der Waals surface area contributed by atoms with E-state index in [-0.39, 0.29) is 11.4 Å². The van der Waals surface area contributed by atoms with Crippen LogP contribution in [0.4, 0.5) is 31.5 Å². The van der Waals surface area contributed by atoms with Crippen molar-refractivity contribution in [3.05, 3.63) is 58.1 Å². The zero-order valence-corrected chi connectivity index (χ0v) is 11.2. The molecule has 7 heteroatoms. The normalized spacial score (nSPS) is 10.2. The molecule has 0 unspecified atom stereocenters. The lowest BCUT2D eigenvalue weighted by molar-refractivity contribution is -0.384. The van der Waals surface area contributed by atoms with Crippen molar-refractivity contribution in [2.45, 2.75) is 6.92 Å². The van der Waals surface area contributed by atoms with Crippen LogP contribution in [0.2, 0.25) is 0 Å². The fourth-order valence-corrected chi connectivity index (χ4v) is 1.85. The Morgan fingerprint density at radius 1 is 1.19 bits per heavy atom. The predicted molar refractivity (Wildman–Crippen MR) is 76.9 cm³/mol. The summed E-state index contributed by atoms with van der Waals surface area (Å²) in [6.45, 7) is 2.42. The van der Waals surface area contributed by atoms with Crippen LogP contribution in [-0.4, -0.2) is 11.5 Å². The fraction of sp³-hybridized carbons (Fsp3) is 0.143. The quantitative estimate of drug-likeness (QED) is 0.644. The molecule has 0 amide bonds. The van der Waals surface area contributed by atoms with Crippen LogP contribution in [0.5, 0.6) is 0 Å². The summed E-state index contributed by atoms with van der Waals surface area (Å²) >= 11 is 0. The topological polar surface area (TPSA) is 67.2 Å². The minimum absolute atomic E-state index is 0.0852. The van der Waals surface area contributed by atoms with E-state index in [9.17, 15) is 18.9 Å². The van der Waals surface area contributed by atoms with Gasteiger partial charge < -0.3 is 10.6 Å². The summed E-state index contributed by atoms with van der Waals surface area (Å²) in [6.07, 6.45) is 0. The molecule has 21 heavy (non-hydrogen) atoms. The number of nitro benzene ring substituents is 1. The van der Waals surface area contributed by atoms with Gasteiger partial charge in [-0.05, 0) is 25.1 Å². The molecule has 0 radical (unpaired) electrons. The van der Waals surface area contributed by atoms with Gasteiger partial charge in [0.15, 0.2) is 11.6 Å². The van der Waals surface area contributed by atoms with Crippen LogP contribution in [0.1, 0.15) is 6.92 Å². The Balaban J connectivity index is 2.38. The standard InChI is InChI=1S/C14H13F2N3O2/c1-2-17-9-6-10(8-11(7-9)19(20)21)18-13-5-3-4-12(15)14(13)16/h3-8,17-18H,2H2,1H3. The van der Waals surface area contributed by atoms with Gasteiger partial charge in [0.05, 0.1) is 10.6 Å². The fourth-order valence-electron chi connectivity index (χ4n) is 1.85. The molecule has 0 saturated heterocycles. The number of hydrogen-bond donors (Lipinski definition) is 2. The van der Waals surface area contributed by atoms with Gasteiger partial charge in [0.2, 0.25) is 0 Å². The van der Waals surface area contributed by atoms with Crippen molar-refractivity contribution in [2.24, 2.45) is 0 Å². The van der Waals surface area contributed by atoms with E-state index in [2.05, 4.69) is 10.6 Å². The summed E-state index contributed by atoms with van der Waals surface area (Å²) in [6, 6.07) is 7.91. The minimum Gasteiger partial charge on any atom is -0.385 e. The van der Waals surface area contributed by atoms with Crippen molar-refractivity contribution in [3.8, 4) is 0 Å². The third kappa shape index (κ3) is 3.44. The third-order valence-corrected chi connectivity index (χ3v) is 2.74. The average molecular weight is 293 g/mol. The van der Waals surface area contributed by atoms with E-state index in [1.54, 1.807) is 6.07 Å². The Morgan fingerprint density at radius 2 is 1.90 bits per heavy atom. The summed E-state index contributed by atoms with van der Waals surface area (Å²) in [5.74, 6) is -2.02. The molecule has 0 aliphatic carbocycles. The lowest BCUT2D eigenvalue weighted by Crippen LogP contribution is -2.01. The van der Waals surface area contributed by atoms with Gasteiger partial charge in [0, 0.05) is 30.1 Å². The van der Waals surface area contributed by atoms with E-state index in [4.69, 9.17) is 0 Å². The molecule has 0 fully saturated rings. The highest BCUT2D eigenvalue weighted by atomic mass is 19.2. The van der Waals surface area contributed by atoms with Crippen LogP contribution in [0.25, 0.3) is 0 Å². The number of benzene rings is 2. The third-order valence-electron chi connectivity index (χ3n) is 2.74. The molecule has 5 nitrogen and oxygen atoms in total. The summed E-state index contributed by atoms with van der Waals surface area (Å²) in [4.78, 5) is 10.4. The number of anilines is 3. The Morgan fingerprint density at radius 3 is 2.57 bits per heavy atom. The highest BCUT2D eigenvalue weighted by Crippen LogP contribution is 2.28. The van der Waals surface area contributed by atoms with Crippen LogP contribution >= 0.6 is 0 Å². The first-order valence-corrected chi connectivity index (χ1v) is 6.25. The first-order chi connectivity index (χ1) is 10.0. The van der Waals surface area contributed by atoms with Gasteiger partial charge in [-0.1, -0.05) is 6.07 Å². The van der Waals surface area contributed by atoms with Gasteiger partial charge in [-0.25, -0.2) is 8.78 Å². The van der Waals surface area contributed by atoms with E-state index in [0.717, 1.165) is 6.07 Å². The highest BCUT2D eigenvalue weighted by Gasteiger charge is 2.12. The van der Waals surface area contributed by atoms with Crippen molar-refractivity contribution >= 4 is 22.7 Å². The number of halogens is 2. The van der Waals surface area contributed by atoms with Crippen LogP contribution in [0.15, 0.2) is 36.4 Å². The zero-order valence-electron chi connectivity index (χ0n) is 11.2. The molecule has 0 saturated carbocycles. The maximum Gasteiger partial charge on any atom is 0.273 e. The first kappa shape index (κ1) is 14.7. The minimum atomic E-state index is -1.03. The highest BCUT2D eigenvalue weighted by molar-refractivity contribution is 5.69. The summed E-state index contributed by atoms with van der Waals surface area (Å²) in [7, 11) is 0. The number of nitrogens with one attached hydrogen (secondary N) is 2. The molecular formula is C14H13F2N3O2. The smallest absolute Gasteiger partial charge is 0.273 e. The van der Waals surface area contributed by atoms with Gasteiger partial charge in [0.1, 0.15) is 0 Å². The van der Waals surface area contributed by atoms with E-state index in [1.807, 2.05) is 6.92 Å². The molecule has 0 aromatic heterocycles. The molecule has 2 N–H and O–H groups in total. The Kier molecular flexibility index (Phi) is 4.32. The maximum atomic E-state index is 13.6. The molecule has 0 aliphatic heterocycles. The Hall–Kier alpha value is -2.70. The zero-order chi connectivity index (χ0) is 15.4. The Labute approximate surface area is 119 Å². The van der Waals surface area contributed by atoms with Crippen LogP contribution in [-0.2, 0) is 0 Å². The first-order valence-electron chi connectivity index (χ1n) is 6.25. The lowest BCUT2D eigenvalue weighted by Gasteiger charge is -2.10. The molecule has 2 aromatic carbocycles. The molecular weight excluding hydrogens is 280 g/mol. The van der Waals surface area contributed by atoms with E-state index in [0.29, 0.717) is 17.9 Å². The van der Waals surface area contributed by atoms with Crippen molar-refractivity contribution < 1.29 is 13.7 Å². The SMILES string of the molecule is CCNc1cc(Nc2cccc(F)c2F)cc([N+](=O)[O-])c1. The molecule has 2 rings (SSSR count).